The van der Waals surface area contributed by atoms with E-state index in [2.05, 4.69) is 0 Å². The van der Waals surface area contributed by atoms with Gasteiger partial charge in [0.15, 0.2) is 0 Å². The van der Waals surface area contributed by atoms with Gasteiger partial charge < -0.3 is 9.47 Å². The molecule has 5 nitrogen and oxygen atoms in total. The van der Waals surface area contributed by atoms with Gasteiger partial charge in [-0.2, -0.15) is 0 Å². The molecule has 0 spiro atoms. The molecule has 184 valence electrons. The third-order valence-corrected chi connectivity index (χ3v) is 6.85. The summed E-state index contributed by atoms with van der Waals surface area (Å²) in [5.74, 6) is -0.872. The molecule has 4 rings (SSSR count). The van der Waals surface area contributed by atoms with Gasteiger partial charge in [-0.25, -0.2) is 14.6 Å². The third-order valence-electron chi connectivity index (χ3n) is 5.22. The number of aromatic nitrogens is 1. The lowest BCUT2D eigenvalue weighted by molar-refractivity contribution is 0.00693. The van der Waals surface area contributed by atoms with Crippen molar-refractivity contribution in [3.8, 4) is 33.0 Å². The number of esters is 2. The molecular weight excluding hydrogens is 517 g/mol. The molecule has 4 aromatic rings. The zero-order valence-corrected chi connectivity index (χ0v) is 22.4. The molecule has 0 unspecified atom stereocenters. The summed E-state index contributed by atoms with van der Waals surface area (Å²) in [6, 6.07) is 17.8. The molecule has 0 atom stereocenters. The van der Waals surface area contributed by atoms with Crippen molar-refractivity contribution >= 4 is 46.5 Å². The highest BCUT2D eigenvalue weighted by atomic mass is 35.5. The number of rotatable bonds is 5. The van der Waals surface area contributed by atoms with Crippen molar-refractivity contribution in [1.82, 2.24) is 4.98 Å². The maximum Gasteiger partial charge on any atom is 0.338 e. The average molecular weight is 540 g/mol. The summed E-state index contributed by atoms with van der Waals surface area (Å²) in [5.41, 5.74) is 4.08. The topological polar surface area (TPSA) is 65.5 Å². The molecule has 0 aliphatic heterocycles. The van der Waals surface area contributed by atoms with Crippen molar-refractivity contribution in [1.29, 1.82) is 0 Å². The Hall–Kier alpha value is -3.19. The normalized spacial score (nSPS) is 11.3. The third kappa shape index (κ3) is 5.78. The van der Waals surface area contributed by atoms with Gasteiger partial charge in [0.05, 0.1) is 34.0 Å². The van der Waals surface area contributed by atoms with Crippen LogP contribution in [0.4, 0.5) is 0 Å². The first kappa shape index (κ1) is 25.9. The maximum atomic E-state index is 12.7. The van der Waals surface area contributed by atoms with E-state index in [1.165, 1.54) is 18.4 Å². The quantitative estimate of drug-likeness (QED) is 0.239. The highest BCUT2D eigenvalue weighted by molar-refractivity contribution is 7.13. The molecule has 36 heavy (non-hydrogen) atoms. The van der Waals surface area contributed by atoms with Crippen molar-refractivity contribution in [2.24, 2.45) is 0 Å². The second-order valence-electron chi connectivity index (χ2n) is 9.00. The van der Waals surface area contributed by atoms with Crippen LogP contribution >= 0.6 is 34.5 Å². The van der Waals surface area contributed by atoms with E-state index in [0.29, 0.717) is 26.7 Å². The number of hydrogen-bond acceptors (Lipinski definition) is 6. The molecule has 0 aliphatic carbocycles. The molecule has 1 heterocycles. The lowest BCUT2D eigenvalue weighted by Gasteiger charge is -2.19. The fourth-order valence-electron chi connectivity index (χ4n) is 3.53. The summed E-state index contributed by atoms with van der Waals surface area (Å²) in [6.07, 6.45) is 0. The monoisotopic (exact) mass is 539 g/mol. The minimum atomic E-state index is -0.584. The SMILES string of the molecule is COC(=O)c1cc(-c2nc(-c3ccc(Cl)c(Cl)c3)cs2)ccc1-c1ccc(C(=O)OC(C)(C)C)cc1. The van der Waals surface area contributed by atoms with E-state index in [1.54, 1.807) is 42.5 Å². The molecule has 0 fully saturated rings. The smallest absolute Gasteiger partial charge is 0.338 e. The van der Waals surface area contributed by atoms with E-state index in [4.69, 9.17) is 37.7 Å². The van der Waals surface area contributed by atoms with Crippen molar-refractivity contribution in [3.63, 3.8) is 0 Å². The van der Waals surface area contributed by atoms with Gasteiger partial charge in [0.2, 0.25) is 0 Å². The Morgan fingerprint density at radius 1 is 0.833 bits per heavy atom. The zero-order valence-electron chi connectivity index (χ0n) is 20.1. The summed E-state index contributed by atoms with van der Waals surface area (Å²) in [4.78, 5) is 29.8. The van der Waals surface area contributed by atoms with Crippen LogP contribution in [-0.2, 0) is 9.47 Å². The van der Waals surface area contributed by atoms with E-state index in [1.807, 2.05) is 44.4 Å². The molecule has 0 saturated heterocycles. The fraction of sp³-hybridized carbons (Fsp3) is 0.179. The summed E-state index contributed by atoms with van der Waals surface area (Å²) in [5, 5.41) is 3.61. The number of thiazole rings is 1. The number of halogens is 2. The van der Waals surface area contributed by atoms with E-state index < -0.39 is 17.5 Å². The Labute approximate surface area is 223 Å². The summed E-state index contributed by atoms with van der Waals surface area (Å²) in [7, 11) is 1.34. The van der Waals surface area contributed by atoms with Crippen LogP contribution in [0, 0.1) is 0 Å². The molecule has 0 radical (unpaired) electrons. The van der Waals surface area contributed by atoms with Crippen LogP contribution < -0.4 is 0 Å². The first-order chi connectivity index (χ1) is 17.1. The average Bonchev–Trinajstić information content (AvgIpc) is 3.34. The number of ether oxygens (including phenoxy) is 2. The Kier molecular flexibility index (Phi) is 7.50. The van der Waals surface area contributed by atoms with Gasteiger partial charge in [0, 0.05) is 16.5 Å². The van der Waals surface area contributed by atoms with Gasteiger partial charge in [0.1, 0.15) is 10.6 Å². The summed E-state index contributed by atoms with van der Waals surface area (Å²) in [6.45, 7) is 5.46. The van der Waals surface area contributed by atoms with Gasteiger partial charge >= 0.3 is 11.9 Å². The standard InChI is InChI=1S/C28H23Cl2NO4S/c1-28(2,3)35-26(32)17-7-5-16(6-8-17)20-11-9-19(13-21(20)27(33)34-4)25-31-24(15-36-25)18-10-12-22(29)23(30)14-18/h5-15H,1-4H3. The van der Waals surface area contributed by atoms with Gasteiger partial charge in [-0.1, -0.05) is 53.5 Å². The van der Waals surface area contributed by atoms with Crippen LogP contribution in [0.15, 0.2) is 66.0 Å². The lowest BCUT2D eigenvalue weighted by Crippen LogP contribution is -2.23. The lowest BCUT2D eigenvalue weighted by atomic mass is 9.96. The number of methoxy groups -OCH3 is 1. The van der Waals surface area contributed by atoms with Crippen LogP contribution in [0.3, 0.4) is 0 Å². The van der Waals surface area contributed by atoms with Crippen LogP contribution in [-0.4, -0.2) is 29.6 Å². The van der Waals surface area contributed by atoms with E-state index in [-0.39, 0.29) is 0 Å². The predicted octanol–water partition coefficient (Wildman–Crippen LogP) is 8.19. The predicted molar refractivity (Wildman–Crippen MR) is 145 cm³/mol. The van der Waals surface area contributed by atoms with E-state index in [0.717, 1.165) is 27.4 Å². The van der Waals surface area contributed by atoms with Gasteiger partial charge in [0.25, 0.3) is 0 Å². The van der Waals surface area contributed by atoms with Gasteiger partial charge in [-0.3, -0.25) is 0 Å². The minimum absolute atomic E-state index is 0.395. The first-order valence-corrected chi connectivity index (χ1v) is 12.7. The summed E-state index contributed by atoms with van der Waals surface area (Å²) >= 11 is 13.6. The highest BCUT2D eigenvalue weighted by Crippen LogP contribution is 2.35. The largest absolute Gasteiger partial charge is 0.465 e. The maximum absolute atomic E-state index is 12.7. The first-order valence-electron chi connectivity index (χ1n) is 11.0. The highest BCUT2D eigenvalue weighted by Gasteiger charge is 2.20. The van der Waals surface area contributed by atoms with Crippen LogP contribution in [0.1, 0.15) is 41.5 Å². The van der Waals surface area contributed by atoms with E-state index in [9.17, 15) is 9.59 Å². The van der Waals surface area contributed by atoms with Crippen LogP contribution in [0.5, 0.6) is 0 Å². The minimum Gasteiger partial charge on any atom is -0.465 e. The number of hydrogen-bond donors (Lipinski definition) is 0. The molecule has 0 saturated carbocycles. The van der Waals surface area contributed by atoms with Gasteiger partial charge in [-0.05, 0) is 62.2 Å². The summed E-state index contributed by atoms with van der Waals surface area (Å²) < 4.78 is 10.5. The fourth-order valence-corrected chi connectivity index (χ4v) is 4.65. The molecule has 3 aromatic carbocycles. The van der Waals surface area contributed by atoms with Crippen LogP contribution in [0.2, 0.25) is 10.0 Å². The van der Waals surface area contributed by atoms with Crippen molar-refractivity contribution in [3.05, 3.63) is 87.2 Å². The zero-order chi connectivity index (χ0) is 26.0. The van der Waals surface area contributed by atoms with Crippen LogP contribution in [0.25, 0.3) is 33.0 Å². The Morgan fingerprint density at radius 2 is 1.50 bits per heavy atom. The van der Waals surface area contributed by atoms with Crippen molar-refractivity contribution in [2.45, 2.75) is 26.4 Å². The Bertz CT molecular complexity index is 1440. The number of benzene rings is 3. The van der Waals surface area contributed by atoms with E-state index >= 15 is 0 Å². The Morgan fingerprint density at radius 3 is 2.14 bits per heavy atom. The molecule has 0 N–H and O–H groups in total. The molecule has 0 aliphatic rings. The molecule has 0 amide bonds. The number of nitrogens with zero attached hydrogens (tertiary/aromatic N) is 1. The second-order valence-corrected chi connectivity index (χ2v) is 10.7. The molecular formula is C28H23Cl2NO4S. The van der Waals surface area contributed by atoms with Crippen molar-refractivity contribution < 1.29 is 19.1 Å². The molecule has 8 heteroatoms. The Balaban J connectivity index is 1.66. The number of carbonyl (C=O) groups excluding carboxylic acids is 2. The van der Waals surface area contributed by atoms with Gasteiger partial charge in [-0.15, -0.1) is 11.3 Å². The number of carbonyl (C=O) groups is 2. The van der Waals surface area contributed by atoms with Crippen molar-refractivity contribution in [2.75, 3.05) is 7.11 Å². The molecule has 0 bridgehead atoms. The molecule has 1 aromatic heterocycles. The second kappa shape index (κ2) is 10.4.